The Morgan fingerprint density at radius 3 is 2.32 bits per heavy atom. The Hall–Kier alpha value is -4.20. The van der Waals surface area contributed by atoms with E-state index in [-0.39, 0.29) is 17.4 Å². The molecule has 0 fully saturated rings. The van der Waals surface area contributed by atoms with Gasteiger partial charge in [-0.05, 0) is 35.9 Å². The smallest absolute Gasteiger partial charge is 0.422 e. The minimum Gasteiger partial charge on any atom is -0.488 e. The number of alkyl halides is 3. The number of aromatic nitrogens is 2. The lowest BCUT2D eigenvalue weighted by Gasteiger charge is -2.11. The van der Waals surface area contributed by atoms with Gasteiger partial charge in [-0.3, -0.25) is 4.79 Å². The summed E-state index contributed by atoms with van der Waals surface area (Å²) >= 11 is 0. The van der Waals surface area contributed by atoms with E-state index in [4.69, 9.17) is 4.74 Å². The highest BCUT2D eigenvalue weighted by atomic mass is 19.4. The van der Waals surface area contributed by atoms with Crippen LogP contribution in [-0.2, 0) is 6.61 Å². The molecule has 172 valence electrons. The summed E-state index contributed by atoms with van der Waals surface area (Å²) in [7, 11) is 0. The van der Waals surface area contributed by atoms with Crippen molar-refractivity contribution in [2.24, 2.45) is 0 Å². The lowest BCUT2D eigenvalue weighted by Crippen LogP contribution is -2.19. The molecular weight excluding hydrogens is 445 g/mol. The molecule has 0 N–H and O–H groups in total. The van der Waals surface area contributed by atoms with Crippen molar-refractivity contribution in [3.63, 3.8) is 0 Å². The van der Waals surface area contributed by atoms with Crippen LogP contribution < -0.4 is 9.47 Å². The summed E-state index contributed by atoms with van der Waals surface area (Å²) in [6.07, 6.45) is -3.10. The van der Waals surface area contributed by atoms with Gasteiger partial charge < -0.3 is 9.47 Å². The number of para-hydroxylation sites is 1. The molecule has 0 aliphatic carbocycles. The molecule has 2 aromatic carbocycles. The zero-order valence-electron chi connectivity index (χ0n) is 17.8. The van der Waals surface area contributed by atoms with Crippen molar-refractivity contribution < 1.29 is 27.4 Å². The van der Waals surface area contributed by atoms with Crippen LogP contribution in [0.5, 0.6) is 11.6 Å². The summed E-state index contributed by atoms with van der Waals surface area (Å²) in [5.74, 6) is -0.0298. The fraction of sp³-hybridized carbons (Fsp3) is 0.115. The molecule has 0 aliphatic heterocycles. The van der Waals surface area contributed by atoms with E-state index >= 15 is 0 Å². The third-order valence-corrected chi connectivity index (χ3v) is 4.77. The molecule has 0 spiro atoms. The summed E-state index contributed by atoms with van der Waals surface area (Å²) in [5.41, 5.74) is 2.52. The molecule has 5 nitrogen and oxygen atoms in total. The van der Waals surface area contributed by atoms with Crippen LogP contribution in [0.3, 0.4) is 0 Å². The molecule has 0 aliphatic rings. The van der Waals surface area contributed by atoms with Crippen LogP contribution in [0.15, 0.2) is 91.1 Å². The third-order valence-electron chi connectivity index (χ3n) is 4.77. The van der Waals surface area contributed by atoms with Crippen molar-refractivity contribution in [2.45, 2.75) is 12.8 Å². The highest BCUT2D eigenvalue weighted by Gasteiger charge is 2.28. The van der Waals surface area contributed by atoms with Crippen LogP contribution in [0, 0.1) is 0 Å². The molecule has 0 amide bonds. The standard InChI is InChI=1S/C26H19F3N2O3/c27-26(28,29)17-34-24-14-13-19(15-30-24)21-10-6-11-22(31-21)25(32)20-9-4-5-12-23(20)33-16-18-7-2-1-3-8-18/h1-15H,16-17H2. The zero-order chi connectivity index (χ0) is 24.0. The van der Waals surface area contributed by atoms with Gasteiger partial charge in [0.15, 0.2) is 6.61 Å². The van der Waals surface area contributed by atoms with Gasteiger partial charge in [0.05, 0.1) is 11.3 Å². The summed E-state index contributed by atoms with van der Waals surface area (Å²) < 4.78 is 47.4. The van der Waals surface area contributed by atoms with Gasteiger partial charge in [-0.2, -0.15) is 13.2 Å². The van der Waals surface area contributed by atoms with Crippen molar-refractivity contribution in [1.29, 1.82) is 0 Å². The first-order valence-electron chi connectivity index (χ1n) is 10.3. The molecule has 0 atom stereocenters. The van der Waals surface area contributed by atoms with Crippen LogP contribution in [0.2, 0.25) is 0 Å². The van der Waals surface area contributed by atoms with Crippen LogP contribution in [-0.4, -0.2) is 28.5 Å². The minimum atomic E-state index is -4.45. The molecule has 34 heavy (non-hydrogen) atoms. The third kappa shape index (κ3) is 5.98. The van der Waals surface area contributed by atoms with E-state index in [1.54, 1.807) is 42.5 Å². The molecule has 4 rings (SSSR count). The van der Waals surface area contributed by atoms with Gasteiger partial charge in [0.1, 0.15) is 18.1 Å². The maximum atomic E-state index is 13.2. The molecule has 0 unspecified atom stereocenters. The van der Waals surface area contributed by atoms with Crippen molar-refractivity contribution in [1.82, 2.24) is 9.97 Å². The summed E-state index contributed by atoms with van der Waals surface area (Å²) in [5, 5.41) is 0. The van der Waals surface area contributed by atoms with E-state index in [0.29, 0.717) is 29.2 Å². The highest BCUT2D eigenvalue weighted by Crippen LogP contribution is 2.25. The first kappa shape index (κ1) is 23.0. The summed E-state index contributed by atoms with van der Waals surface area (Å²) in [6.45, 7) is -1.11. The number of rotatable bonds is 8. The van der Waals surface area contributed by atoms with Crippen LogP contribution >= 0.6 is 0 Å². The van der Waals surface area contributed by atoms with Gasteiger partial charge in [0, 0.05) is 17.8 Å². The molecule has 0 saturated carbocycles. The average Bonchev–Trinajstić information content (AvgIpc) is 2.86. The number of carbonyl (C=O) groups excluding carboxylic acids is 1. The van der Waals surface area contributed by atoms with Crippen molar-refractivity contribution >= 4 is 5.78 Å². The zero-order valence-corrected chi connectivity index (χ0v) is 17.8. The first-order chi connectivity index (χ1) is 16.4. The molecular formula is C26H19F3N2O3. The molecule has 8 heteroatoms. The maximum absolute atomic E-state index is 13.2. The fourth-order valence-electron chi connectivity index (χ4n) is 3.15. The van der Waals surface area contributed by atoms with Gasteiger partial charge in [-0.1, -0.05) is 48.5 Å². The number of ether oxygens (including phenoxy) is 2. The van der Waals surface area contributed by atoms with Crippen LogP contribution in [0.4, 0.5) is 13.2 Å². The second kappa shape index (κ2) is 10.2. The first-order valence-corrected chi connectivity index (χ1v) is 10.3. The number of benzene rings is 2. The van der Waals surface area contributed by atoms with E-state index in [1.807, 2.05) is 30.3 Å². The van der Waals surface area contributed by atoms with Crippen LogP contribution in [0.1, 0.15) is 21.6 Å². The van der Waals surface area contributed by atoms with E-state index in [2.05, 4.69) is 14.7 Å². The Balaban J connectivity index is 1.51. The molecule has 0 saturated heterocycles. The van der Waals surface area contributed by atoms with Gasteiger partial charge in [-0.15, -0.1) is 0 Å². The number of hydrogen-bond acceptors (Lipinski definition) is 5. The number of nitrogens with zero attached hydrogens (tertiary/aromatic N) is 2. The molecule has 2 heterocycles. The second-order valence-corrected chi connectivity index (χ2v) is 7.30. The Kier molecular flexibility index (Phi) is 6.87. The average molecular weight is 464 g/mol. The Labute approximate surface area is 193 Å². The van der Waals surface area contributed by atoms with E-state index < -0.39 is 12.8 Å². The Morgan fingerprint density at radius 2 is 1.59 bits per heavy atom. The molecule has 4 aromatic rings. The Morgan fingerprint density at radius 1 is 0.824 bits per heavy atom. The van der Waals surface area contributed by atoms with Crippen molar-refractivity contribution in [3.05, 3.63) is 108 Å². The number of halogens is 3. The van der Waals surface area contributed by atoms with Gasteiger partial charge >= 0.3 is 6.18 Å². The van der Waals surface area contributed by atoms with E-state index in [9.17, 15) is 18.0 Å². The SMILES string of the molecule is O=C(c1cccc(-c2ccc(OCC(F)(F)F)nc2)n1)c1ccccc1OCc1ccccc1. The van der Waals surface area contributed by atoms with Gasteiger partial charge in [0.2, 0.25) is 11.7 Å². The normalized spacial score (nSPS) is 11.1. The number of ketones is 1. The quantitative estimate of drug-likeness (QED) is 0.304. The predicted octanol–water partition coefficient (Wildman–Crippen LogP) is 5.89. The van der Waals surface area contributed by atoms with Gasteiger partial charge in [0.25, 0.3) is 0 Å². The topological polar surface area (TPSA) is 61.3 Å². The van der Waals surface area contributed by atoms with E-state index in [0.717, 1.165) is 5.56 Å². The fourth-order valence-corrected chi connectivity index (χ4v) is 3.15. The maximum Gasteiger partial charge on any atom is 0.422 e. The monoisotopic (exact) mass is 464 g/mol. The molecule has 0 radical (unpaired) electrons. The van der Waals surface area contributed by atoms with Crippen molar-refractivity contribution in [3.8, 4) is 22.9 Å². The minimum absolute atomic E-state index is 0.155. The summed E-state index contributed by atoms with van der Waals surface area (Å²) in [6, 6.07) is 24.3. The lowest BCUT2D eigenvalue weighted by molar-refractivity contribution is -0.154. The number of hydrogen-bond donors (Lipinski definition) is 0. The highest BCUT2D eigenvalue weighted by molar-refractivity contribution is 6.09. The lowest BCUT2D eigenvalue weighted by atomic mass is 10.1. The van der Waals surface area contributed by atoms with Crippen LogP contribution in [0.25, 0.3) is 11.3 Å². The van der Waals surface area contributed by atoms with Crippen molar-refractivity contribution in [2.75, 3.05) is 6.61 Å². The largest absolute Gasteiger partial charge is 0.488 e. The Bertz CT molecular complexity index is 1260. The van der Waals surface area contributed by atoms with Gasteiger partial charge in [-0.25, -0.2) is 9.97 Å². The van der Waals surface area contributed by atoms with E-state index in [1.165, 1.54) is 18.3 Å². The number of pyridine rings is 2. The second-order valence-electron chi connectivity index (χ2n) is 7.30. The number of carbonyl (C=O) groups is 1. The predicted molar refractivity (Wildman–Crippen MR) is 120 cm³/mol. The molecule has 2 aromatic heterocycles. The molecule has 0 bridgehead atoms. The summed E-state index contributed by atoms with van der Waals surface area (Å²) in [4.78, 5) is 21.5.